The van der Waals surface area contributed by atoms with Crippen LogP contribution in [0.4, 0.5) is 0 Å². The summed E-state index contributed by atoms with van der Waals surface area (Å²) in [7, 11) is 3.94. The molecule has 0 bridgehead atoms. The minimum atomic E-state index is -0.283. The van der Waals surface area contributed by atoms with E-state index in [1.165, 1.54) is 0 Å². The molecule has 1 aromatic rings. The SMILES string of the molecule is CCOC(=O)c1c(CN(C)C)cc(C)nc1C. The Labute approximate surface area is 103 Å². The van der Waals surface area contributed by atoms with Crippen molar-refractivity contribution in [1.82, 2.24) is 9.88 Å². The fraction of sp³-hybridized carbons (Fsp3) is 0.538. The van der Waals surface area contributed by atoms with Gasteiger partial charge in [0.2, 0.25) is 0 Å². The molecule has 1 aromatic heterocycles. The van der Waals surface area contributed by atoms with Gasteiger partial charge in [-0.15, -0.1) is 0 Å². The van der Waals surface area contributed by atoms with Gasteiger partial charge in [-0.3, -0.25) is 4.98 Å². The Morgan fingerprint density at radius 1 is 1.41 bits per heavy atom. The van der Waals surface area contributed by atoms with E-state index in [2.05, 4.69) is 4.98 Å². The molecular formula is C13H20N2O2. The highest BCUT2D eigenvalue weighted by Gasteiger charge is 2.17. The van der Waals surface area contributed by atoms with Crippen molar-refractivity contribution in [1.29, 1.82) is 0 Å². The van der Waals surface area contributed by atoms with Crippen LogP contribution in [0.5, 0.6) is 0 Å². The summed E-state index contributed by atoms with van der Waals surface area (Å²) in [6.45, 7) is 6.67. The van der Waals surface area contributed by atoms with Crippen LogP contribution in [0, 0.1) is 13.8 Å². The zero-order valence-corrected chi connectivity index (χ0v) is 11.2. The molecule has 4 nitrogen and oxygen atoms in total. The average Bonchev–Trinajstić information content (AvgIpc) is 2.15. The molecule has 0 aliphatic carbocycles. The van der Waals surface area contributed by atoms with Gasteiger partial charge in [-0.1, -0.05) is 0 Å². The quantitative estimate of drug-likeness (QED) is 0.749. The molecular weight excluding hydrogens is 216 g/mol. The predicted molar refractivity (Wildman–Crippen MR) is 67.1 cm³/mol. The standard InChI is InChI=1S/C13H20N2O2/c1-6-17-13(16)12-10(3)14-9(2)7-11(12)8-15(4)5/h7H,6,8H2,1-5H3. The van der Waals surface area contributed by atoms with Crippen LogP contribution in [0.1, 0.15) is 34.2 Å². The highest BCUT2D eigenvalue weighted by molar-refractivity contribution is 5.92. The maximum Gasteiger partial charge on any atom is 0.340 e. The monoisotopic (exact) mass is 236 g/mol. The van der Waals surface area contributed by atoms with Crippen molar-refractivity contribution in [3.8, 4) is 0 Å². The number of hydrogen-bond acceptors (Lipinski definition) is 4. The minimum Gasteiger partial charge on any atom is -0.462 e. The van der Waals surface area contributed by atoms with Gasteiger partial charge in [-0.2, -0.15) is 0 Å². The van der Waals surface area contributed by atoms with Gasteiger partial charge in [0.1, 0.15) is 0 Å². The number of aromatic nitrogens is 1. The topological polar surface area (TPSA) is 42.4 Å². The van der Waals surface area contributed by atoms with Gasteiger partial charge in [-0.05, 0) is 46.5 Å². The van der Waals surface area contributed by atoms with E-state index in [0.717, 1.165) is 17.0 Å². The molecule has 17 heavy (non-hydrogen) atoms. The summed E-state index contributed by atoms with van der Waals surface area (Å²) in [6, 6.07) is 1.94. The lowest BCUT2D eigenvalue weighted by atomic mass is 10.1. The molecule has 0 saturated heterocycles. The number of rotatable bonds is 4. The van der Waals surface area contributed by atoms with Crippen molar-refractivity contribution in [2.75, 3.05) is 20.7 Å². The summed E-state index contributed by atoms with van der Waals surface area (Å²) in [6.07, 6.45) is 0. The van der Waals surface area contributed by atoms with Gasteiger partial charge < -0.3 is 9.64 Å². The fourth-order valence-electron chi connectivity index (χ4n) is 1.86. The highest BCUT2D eigenvalue weighted by Crippen LogP contribution is 2.17. The first-order chi connectivity index (χ1) is 7.95. The first-order valence-electron chi connectivity index (χ1n) is 5.74. The fourth-order valence-corrected chi connectivity index (χ4v) is 1.86. The van der Waals surface area contributed by atoms with E-state index in [9.17, 15) is 4.79 Å². The first kappa shape index (κ1) is 13.6. The van der Waals surface area contributed by atoms with Crippen molar-refractivity contribution in [2.45, 2.75) is 27.3 Å². The van der Waals surface area contributed by atoms with Crippen molar-refractivity contribution >= 4 is 5.97 Å². The minimum absolute atomic E-state index is 0.283. The molecule has 0 atom stereocenters. The normalized spacial score (nSPS) is 10.7. The molecule has 1 rings (SSSR count). The van der Waals surface area contributed by atoms with Crippen LogP contribution in [0.15, 0.2) is 6.07 Å². The maximum atomic E-state index is 11.9. The van der Waals surface area contributed by atoms with Crippen molar-refractivity contribution in [3.05, 3.63) is 28.6 Å². The Morgan fingerprint density at radius 3 is 2.59 bits per heavy atom. The van der Waals surface area contributed by atoms with Crippen LogP contribution >= 0.6 is 0 Å². The zero-order chi connectivity index (χ0) is 13.0. The van der Waals surface area contributed by atoms with Crippen LogP contribution in [-0.2, 0) is 11.3 Å². The molecule has 0 aliphatic rings. The van der Waals surface area contributed by atoms with E-state index in [1.807, 2.05) is 38.9 Å². The smallest absolute Gasteiger partial charge is 0.340 e. The molecule has 0 aliphatic heterocycles. The summed E-state index contributed by atoms with van der Waals surface area (Å²) in [5.74, 6) is -0.283. The summed E-state index contributed by atoms with van der Waals surface area (Å²) < 4.78 is 5.07. The van der Waals surface area contributed by atoms with Crippen LogP contribution in [0.25, 0.3) is 0 Å². The number of carbonyl (C=O) groups excluding carboxylic acids is 1. The van der Waals surface area contributed by atoms with E-state index < -0.39 is 0 Å². The molecule has 0 amide bonds. The molecule has 0 spiro atoms. The van der Waals surface area contributed by atoms with E-state index in [-0.39, 0.29) is 5.97 Å². The number of ether oxygens (including phenoxy) is 1. The molecule has 0 saturated carbocycles. The van der Waals surface area contributed by atoms with Gasteiger partial charge in [0.05, 0.1) is 17.9 Å². The van der Waals surface area contributed by atoms with Crippen LogP contribution in [0.2, 0.25) is 0 Å². The summed E-state index contributed by atoms with van der Waals surface area (Å²) >= 11 is 0. The Kier molecular flexibility index (Phi) is 4.63. The summed E-state index contributed by atoms with van der Waals surface area (Å²) in [5, 5.41) is 0. The Hall–Kier alpha value is -1.42. The van der Waals surface area contributed by atoms with Crippen molar-refractivity contribution in [3.63, 3.8) is 0 Å². The second-order valence-electron chi connectivity index (χ2n) is 4.34. The van der Waals surface area contributed by atoms with Gasteiger partial charge in [-0.25, -0.2) is 4.79 Å². The largest absolute Gasteiger partial charge is 0.462 e. The van der Waals surface area contributed by atoms with Crippen molar-refractivity contribution < 1.29 is 9.53 Å². The lowest BCUT2D eigenvalue weighted by Gasteiger charge is -2.15. The molecule has 4 heteroatoms. The number of hydrogen-bond donors (Lipinski definition) is 0. The number of carbonyl (C=O) groups is 1. The summed E-state index contributed by atoms with van der Waals surface area (Å²) in [4.78, 5) is 18.2. The molecule has 0 fully saturated rings. The Balaban J connectivity index is 3.20. The number of aryl methyl sites for hydroxylation is 2. The van der Waals surface area contributed by atoms with Crippen LogP contribution < -0.4 is 0 Å². The Bertz CT molecular complexity index is 414. The van der Waals surface area contributed by atoms with Gasteiger partial charge in [0.15, 0.2) is 0 Å². The third kappa shape index (κ3) is 3.53. The zero-order valence-electron chi connectivity index (χ0n) is 11.2. The predicted octanol–water partition coefficient (Wildman–Crippen LogP) is 1.94. The molecule has 0 N–H and O–H groups in total. The first-order valence-corrected chi connectivity index (χ1v) is 5.74. The van der Waals surface area contributed by atoms with Crippen LogP contribution in [0.3, 0.4) is 0 Å². The average molecular weight is 236 g/mol. The van der Waals surface area contributed by atoms with E-state index in [4.69, 9.17) is 4.74 Å². The molecule has 0 radical (unpaired) electrons. The van der Waals surface area contributed by atoms with Gasteiger partial charge >= 0.3 is 5.97 Å². The lowest BCUT2D eigenvalue weighted by molar-refractivity contribution is 0.0523. The van der Waals surface area contributed by atoms with Crippen LogP contribution in [-0.4, -0.2) is 36.6 Å². The lowest BCUT2D eigenvalue weighted by Crippen LogP contribution is -2.18. The number of pyridine rings is 1. The number of esters is 1. The molecule has 1 heterocycles. The number of nitrogens with zero attached hydrogens (tertiary/aromatic N) is 2. The third-order valence-electron chi connectivity index (χ3n) is 2.38. The van der Waals surface area contributed by atoms with Gasteiger partial charge in [0, 0.05) is 12.2 Å². The molecule has 94 valence electrons. The maximum absolute atomic E-state index is 11.9. The second-order valence-corrected chi connectivity index (χ2v) is 4.34. The second kappa shape index (κ2) is 5.77. The molecule has 0 aromatic carbocycles. The third-order valence-corrected chi connectivity index (χ3v) is 2.38. The van der Waals surface area contributed by atoms with Gasteiger partial charge in [0.25, 0.3) is 0 Å². The summed E-state index contributed by atoms with van der Waals surface area (Å²) in [5.41, 5.74) is 3.23. The van der Waals surface area contributed by atoms with Crippen molar-refractivity contribution in [2.24, 2.45) is 0 Å². The van der Waals surface area contributed by atoms with E-state index in [1.54, 1.807) is 6.92 Å². The van der Waals surface area contributed by atoms with E-state index in [0.29, 0.717) is 18.7 Å². The Morgan fingerprint density at radius 2 is 2.06 bits per heavy atom. The highest BCUT2D eigenvalue weighted by atomic mass is 16.5. The van der Waals surface area contributed by atoms with E-state index >= 15 is 0 Å². The molecule has 0 unspecified atom stereocenters.